The van der Waals surface area contributed by atoms with Crippen LogP contribution in [0.3, 0.4) is 0 Å². The van der Waals surface area contributed by atoms with E-state index in [-0.39, 0.29) is 24.8 Å². The first kappa shape index (κ1) is 24.5. The maximum atomic E-state index is 5.80. The van der Waals surface area contributed by atoms with Crippen molar-refractivity contribution in [3.8, 4) is 0 Å². The van der Waals surface area contributed by atoms with Crippen LogP contribution >= 0.6 is 24.8 Å². The van der Waals surface area contributed by atoms with Crippen LogP contribution in [0.4, 0.5) is 0 Å². The van der Waals surface area contributed by atoms with Gasteiger partial charge in [0.05, 0.1) is 12.2 Å². The van der Waals surface area contributed by atoms with E-state index in [0.717, 1.165) is 38.1 Å². The highest BCUT2D eigenvalue weighted by Crippen LogP contribution is 2.28. The number of halogens is 2. The Bertz CT molecular complexity index is 298. The fourth-order valence-electron chi connectivity index (χ4n) is 4.47. The van der Waals surface area contributed by atoms with Crippen molar-refractivity contribution in [2.24, 2.45) is 11.8 Å². The molecule has 156 valence electrons. The fourth-order valence-corrected chi connectivity index (χ4v) is 4.47. The van der Waals surface area contributed by atoms with E-state index in [0.29, 0.717) is 12.2 Å². The molecule has 3 aliphatic rings. The molecule has 0 aromatic heterocycles. The number of rotatable bonds is 8. The zero-order valence-electron chi connectivity index (χ0n) is 16.3. The Labute approximate surface area is 172 Å². The molecule has 2 heterocycles. The van der Waals surface area contributed by atoms with Crippen molar-refractivity contribution in [2.75, 3.05) is 39.4 Å². The Morgan fingerprint density at radius 2 is 0.962 bits per heavy atom. The van der Waals surface area contributed by atoms with Crippen LogP contribution in [0.5, 0.6) is 0 Å². The summed E-state index contributed by atoms with van der Waals surface area (Å²) in [6.07, 6.45) is 14.2. The Balaban J connectivity index is 0.00000169. The highest BCUT2D eigenvalue weighted by molar-refractivity contribution is 5.85. The molecule has 26 heavy (non-hydrogen) atoms. The number of ether oxygens (including phenoxy) is 2. The minimum Gasteiger partial charge on any atom is -0.377 e. The van der Waals surface area contributed by atoms with Crippen molar-refractivity contribution >= 4 is 24.8 Å². The summed E-state index contributed by atoms with van der Waals surface area (Å²) in [7, 11) is 0. The Hall–Kier alpha value is 0.420. The van der Waals surface area contributed by atoms with Gasteiger partial charge in [-0.1, -0.05) is 0 Å². The Kier molecular flexibility index (Phi) is 13.6. The van der Waals surface area contributed by atoms with E-state index < -0.39 is 0 Å². The van der Waals surface area contributed by atoms with Crippen LogP contribution in [-0.4, -0.2) is 51.6 Å². The number of hydrogen-bond donors (Lipinski definition) is 2. The van der Waals surface area contributed by atoms with Gasteiger partial charge in [-0.3, -0.25) is 0 Å². The van der Waals surface area contributed by atoms with Gasteiger partial charge in [0.1, 0.15) is 0 Å². The predicted octanol–water partition coefficient (Wildman–Crippen LogP) is 3.95. The van der Waals surface area contributed by atoms with Crippen molar-refractivity contribution in [2.45, 2.75) is 76.4 Å². The Morgan fingerprint density at radius 3 is 1.31 bits per heavy atom. The second-order valence-corrected chi connectivity index (χ2v) is 8.18. The molecule has 0 bridgehead atoms. The molecule has 0 spiro atoms. The van der Waals surface area contributed by atoms with E-state index in [9.17, 15) is 0 Å². The van der Waals surface area contributed by atoms with Crippen LogP contribution in [0.2, 0.25) is 0 Å². The second kappa shape index (κ2) is 14.4. The molecule has 0 radical (unpaired) electrons. The molecule has 2 unspecified atom stereocenters. The lowest BCUT2D eigenvalue weighted by atomic mass is 9.82. The molecule has 4 nitrogen and oxygen atoms in total. The van der Waals surface area contributed by atoms with Crippen molar-refractivity contribution in [3.05, 3.63) is 0 Å². The average Bonchev–Trinajstić information content (AvgIpc) is 2.65. The third-order valence-electron chi connectivity index (χ3n) is 6.12. The van der Waals surface area contributed by atoms with Gasteiger partial charge in [0, 0.05) is 26.3 Å². The van der Waals surface area contributed by atoms with Crippen molar-refractivity contribution in [1.29, 1.82) is 0 Å². The van der Waals surface area contributed by atoms with Crippen LogP contribution in [0.25, 0.3) is 0 Å². The lowest BCUT2D eigenvalue weighted by Crippen LogP contribution is -2.37. The SMILES string of the molecule is C1CCC(CNCC2CCC(CNCC3CCCCO3)CC2)OC1.Cl.Cl. The summed E-state index contributed by atoms with van der Waals surface area (Å²) in [5.41, 5.74) is 0. The summed E-state index contributed by atoms with van der Waals surface area (Å²) in [4.78, 5) is 0. The summed E-state index contributed by atoms with van der Waals surface area (Å²) in [5.74, 6) is 1.76. The van der Waals surface area contributed by atoms with Crippen LogP contribution in [-0.2, 0) is 9.47 Å². The van der Waals surface area contributed by atoms with E-state index in [1.54, 1.807) is 0 Å². The zero-order valence-corrected chi connectivity index (χ0v) is 17.9. The maximum Gasteiger partial charge on any atom is 0.0699 e. The lowest BCUT2D eigenvalue weighted by Gasteiger charge is -2.30. The van der Waals surface area contributed by atoms with Gasteiger partial charge in [-0.05, 0) is 89.1 Å². The van der Waals surface area contributed by atoms with Gasteiger partial charge >= 0.3 is 0 Å². The normalized spacial score (nSPS) is 32.3. The molecule has 0 aromatic carbocycles. The molecular weight excluding hydrogens is 371 g/mol. The molecule has 6 heteroatoms. The average molecular weight is 411 g/mol. The van der Waals surface area contributed by atoms with Crippen LogP contribution < -0.4 is 10.6 Å². The van der Waals surface area contributed by atoms with E-state index >= 15 is 0 Å². The molecule has 2 saturated heterocycles. The van der Waals surface area contributed by atoms with Crippen LogP contribution in [0.15, 0.2) is 0 Å². The summed E-state index contributed by atoms with van der Waals surface area (Å²) in [6.45, 7) is 6.43. The largest absolute Gasteiger partial charge is 0.377 e. The molecule has 0 aromatic rings. The second-order valence-electron chi connectivity index (χ2n) is 8.18. The smallest absolute Gasteiger partial charge is 0.0699 e. The molecule has 3 rings (SSSR count). The zero-order chi connectivity index (χ0) is 16.5. The predicted molar refractivity (Wildman–Crippen MR) is 113 cm³/mol. The van der Waals surface area contributed by atoms with Crippen LogP contribution in [0, 0.1) is 11.8 Å². The van der Waals surface area contributed by atoms with Crippen molar-refractivity contribution in [1.82, 2.24) is 10.6 Å². The number of hydrogen-bond acceptors (Lipinski definition) is 4. The summed E-state index contributed by atoms with van der Waals surface area (Å²) < 4.78 is 11.6. The third-order valence-corrected chi connectivity index (χ3v) is 6.12. The highest BCUT2D eigenvalue weighted by Gasteiger charge is 2.22. The lowest BCUT2D eigenvalue weighted by molar-refractivity contribution is 0.0154. The fraction of sp³-hybridized carbons (Fsp3) is 1.00. The van der Waals surface area contributed by atoms with E-state index in [1.165, 1.54) is 77.3 Å². The summed E-state index contributed by atoms with van der Waals surface area (Å²) >= 11 is 0. The van der Waals surface area contributed by atoms with Crippen molar-refractivity contribution in [3.63, 3.8) is 0 Å². The standard InChI is InChI=1S/C20H38N2O2.2ClH/c1-3-11-23-19(5-1)15-21-13-17-7-9-18(10-8-17)14-22-16-20-6-2-4-12-24-20;;/h17-22H,1-16H2;2*1H. The Morgan fingerprint density at radius 1 is 0.538 bits per heavy atom. The number of nitrogens with one attached hydrogen (secondary N) is 2. The molecular formula is C20H40Cl2N2O2. The molecule has 2 aliphatic heterocycles. The van der Waals surface area contributed by atoms with E-state index in [2.05, 4.69) is 10.6 Å². The van der Waals surface area contributed by atoms with E-state index in [1.807, 2.05) is 0 Å². The van der Waals surface area contributed by atoms with Gasteiger partial charge in [0.2, 0.25) is 0 Å². The monoisotopic (exact) mass is 410 g/mol. The van der Waals surface area contributed by atoms with Gasteiger partial charge in [-0.15, -0.1) is 24.8 Å². The van der Waals surface area contributed by atoms with Crippen molar-refractivity contribution < 1.29 is 9.47 Å². The van der Waals surface area contributed by atoms with Gasteiger partial charge < -0.3 is 20.1 Å². The molecule has 1 aliphatic carbocycles. The topological polar surface area (TPSA) is 42.5 Å². The summed E-state index contributed by atoms with van der Waals surface area (Å²) in [6, 6.07) is 0. The van der Waals surface area contributed by atoms with Gasteiger partial charge in [-0.2, -0.15) is 0 Å². The summed E-state index contributed by atoms with van der Waals surface area (Å²) in [5, 5.41) is 7.34. The third kappa shape index (κ3) is 9.07. The van der Waals surface area contributed by atoms with Gasteiger partial charge in [-0.25, -0.2) is 0 Å². The molecule has 2 atom stereocenters. The minimum atomic E-state index is 0. The quantitative estimate of drug-likeness (QED) is 0.635. The molecule has 1 saturated carbocycles. The van der Waals surface area contributed by atoms with E-state index in [4.69, 9.17) is 9.47 Å². The first-order valence-electron chi connectivity index (χ1n) is 10.5. The minimum absolute atomic E-state index is 0. The molecule has 2 N–H and O–H groups in total. The first-order valence-corrected chi connectivity index (χ1v) is 10.5. The van der Waals surface area contributed by atoms with Gasteiger partial charge in [0.25, 0.3) is 0 Å². The molecule has 3 fully saturated rings. The van der Waals surface area contributed by atoms with Gasteiger partial charge in [0.15, 0.2) is 0 Å². The molecule has 0 amide bonds. The highest BCUT2D eigenvalue weighted by atomic mass is 35.5. The maximum absolute atomic E-state index is 5.80. The van der Waals surface area contributed by atoms with Crippen LogP contribution in [0.1, 0.15) is 64.2 Å². The first-order chi connectivity index (χ1) is 11.9.